The summed E-state index contributed by atoms with van der Waals surface area (Å²) in [6.45, 7) is 5.80. The smallest absolute Gasteiger partial charge is 0.328 e. The van der Waals surface area contributed by atoms with Crippen LogP contribution >= 0.6 is 0 Å². The molecule has 1 aromatic carbocycles. The normalized spacial score (nSPS) is 11.6. The molecule has 0 amide bonds. The third-order valence-corrected chi connectivity index (χ3v) is 2.44. The molecule has 1 N–H and O–H groups in total. The number of non-ortho nitro benzene ring substituents is 1. The van der Waals surface area contributed by atoms with Crippen molar-refractivity contribution in [1.82, 2.24) is 0 Å². The lowest BCUT2D eigenvalue weighted by atomic mass is 10.2. The van der Waals surface area contributed by atoms with Gasteiger partial charge < -0.3 is 14.8 Å². The number of carbonyl (C=O) groups is 1. The van der Waals surface area contributed by atoms with Crippen LogP contribution in [0.15, 0.2) is 18.2 Å². The Bertz CT molecular complexity index is 490. The fourth-order valence-corrected chi connectivity index (χ4v) is 1.60. The molecule has 20 heavy (non-hydrogen) atoms. The van der Waals surface area contributed by atoms with Crippen molar-refractivity contribution in [2.24, 2.45) is 0 Å². The molecule has 7 heteroatoms. The van der Waals surface area contributed by atoms with Crippen LogP contribution in [0.4, 0.5) is 11.4 Å². The Morgan fingerprint density at radius 2 is 2.05 bits per heavy atom. The minimum absolute atomic E-state index is 0.102. The molecule has 110 valence electrons. The third kappa shape index (κ3) is 4.42. The zero-order valence-electron chi connectivity index (χ0n) is 11.7. The zero-order chi connectivity index (χ0) is 15.1. The van der Waals surface area contributed by atoms with Gasteiger partial charge in [-0.15, -0.1) is 0 Å². The van der Waals surface area contributed by atoms with Crippen LogP contribution in [0.25, 0.3) is 0 Å². The summed E-state index contributed by atoms with van der Waals surface area (Å²) in [5.41, 5.74) is 0.331. The summed E-state index contributed by atoms with van der Waals surface area (Å²) in [6, 6.07) is 3.68. The highest BCUT2D eigenvalue weighted by Gasteiger charge is 2.16. The van der Waals surface area contributed by atoms with E-state index in [4.69, 9.17) is 9.47 Å². The standard InChI is InChI=1S/C13H18N2O5/c1-4-19-12-7-10(6-11(8-12)15(17)18)14-9(3)13(16)20-5-2/h6-9,14H,4-5H2,1-3H3. The molecule has 1 aromatic rings. The van der Waals surface area contributed by atoms with E-state index in [1.165, 1.54) is 12.1 Å². The Morgan fingerprint density at radius 3 is 2.60 bits per heavy atom. The van der Waals surface area contributed by atoms with Gasteiger partial charge in [0.2, 0.25) is 0 Å². The van der Waals surface area contributed by atoms with Crippen LogP contribution in [-0.2, 0) is 9.53 Å². The van der Waals surface area contributed by atoms with Crippen molar-refractivity contribution in [2.75, 3.05) is 18.5 Å². The molecule has 1 rings (SSSR count). The van der Waals surface area contributed by atoms with Crippen molar-refractivity contribution in [2.45, 2.75) is 26.8 Å². The van der Waals surface area contributed by atoms with E-state index in [0.717, 1.165) is 0 Å². The highest BCUT2D eigenvalue weighted by atomic mass is 16.6. The number of benzene rings is 1. The molecule has 0 bridgehead atoms. The molecule has 7 nitrogen and oxygen atoms in total. The molecular formula is C13H18N2O5. The monoisotopic (exact) mass is 282 g/mol. The second-order valence-corrected chi connectivity index (χ2v) is 4.02. The number of hydrogen-bond acceptors (Lipinski definition) is 6. The van der Waals surface area contributed by atoms with E-state index < -0.39 is 16.9 Å². The average Bonchev–Trinajstić information content (AvgIpc) is 2.39. The molecule has 0 aliphatic rings. The van der Waals surface area contributed by atoms with Crippen molar-refractivity contribution in [1.29, 1.82) is 0 Å². The lowest BCUT2D eigenvalue weighted by molar-refractivity contribution is -0.384. The molecule has 0 aliphatic heterocycles. The van der Waals surface area contributed by atoms with Crippen LogP contribution in [0.1, 0.15) is 20.8 Å². The van der Waals surface area contributed by atoms with Crippen LogP contribution < -0.4 is 10.1 Å². The summed E-state index contributed by atoms with van der Waals surface area (Å²) >= 11 is 0. The van der Waals surface area contributed by atoms with Gasteiger partial charge in [0.1, 0.15) is 11.8 Å². The van der Waals surface area contributed by atoms with Crippen molar-refractivity contribution >= 4 is 17.3 Å². The maximum atomic E-state index is 11.5. The SMILES string of the molecule is CCOC(=O)C(C)Nc1cc(OCC)cc([N+](=O)[O-])c1. The minimum atomic E-state index is -0.605. The van der Waals surface area contributed by atoms with Crippen LogP contribution in [0.3, 0.4) is 0 Å². The first-order valence-corrected chi connectivity index (χ1v) is 6.33. The van der Waals surface area contributed by atoms with Crippen molar-refractivity contribution in [3.63, 3.8) is 0 Å². The molecule has 1 unspecified atom stereocenters. The average molecular weight is 282 g/mol. The summed E-state index contributed by atoms with van der Waals surface area (Å²) in [4.78, 5) is 21.9. The first kappa shape index (κ1) is 15.7. The predicted molar refractivity (Wildman–Crippen MR) is 74.0 cm³/mol. The van der Waals surface area contributed by atoms with Gasteiger partial charge in [0.25, 0.3) is 5.69 Å². The Balaban J connectivity index is 2.93. The number of nitro groups is 1. The van der Waals surface area contributed by atoms with Gasteiger partial charge in [0.05, 0.1) is 24.2 Å². The molecule has 0 radical (unpaired) electrons. The fourth-order valence-electron chi connectivity index (χ4n) is 1.60. The largest absolute Gasteiger partial charge is 0.494 e. The molecule has 1 atom stereocenters. The van der Waals surface area contributed by atoms with Crippen molar-refractivity contribution in [3.05, 3.63) is 28.3 Å². The molecule has 0 fully saturated rings. The van der Waals surface area contributed by atoms with Gasteiger partial charge in [-0.3, -0.25) is 10.1 Å². The highest BCUT2D eigenvalue weighted by molar-refractivity contribution is 5.79. The van der Waals surface area contributed by atoms with Gasteiger partial charge in [-0.05, 0) is 20.8 Å². The maximum absolute atomic E-state index is 11.5. The Labute approximate surface area is 117 Å². The van der Waals surface area contributed by atoms with Gasteiger partial charge in [-0.25, -0.2) is 4.79 Å². The summed E-state index contributed by atoms with van der Waals surface area (Å²) < 4.78 is 10.1. The lowest BCUT2D eigenvalue weighted by Crippen LogP contribution is -2.28. The number of carbonyl (C=O) groups excluding carboxylic acids is 1. The van der Waals surface area contributed by atoms with E-state index in [1.54, 1.807) is 26.8 Å². The van der Waals surface area contributed by atoms with E-state index in [1.807, 2.05) is 0 Å². The fraction of sp³-hybridized carbons (Fsp3) is 0.462. The van der Waals surface area contributed by atoms with E-state index in [9.17, 15) is 14.9 Å². The maximum Gasteiger partial charge on any atom is 0.328 e. The number of ether oxygens (including phenoxy) is 2. The molecule has 0 aromatic heterocycles. The van der Waals surface area contributed by atoms with E-state index in [-0.39, 0.29) is 12.3 Å². The van der Waals surface area contributed by atoms with Gasteiger partial charge in [-0.1, -0.05) is 0 Å². The summed E-state index contributed by atoms with van der Waals surface area (Å²) in [6.07, 6.45) is 0. The summed E-state index contributed by atoms with van der Waals surface area (Å²) in [5, 5.41) is 13.7. The third-order valence-electron chi connectivity index (χ3n) is 2.44. The van der Waals surface area contributed by atoms with Crippen LogP contribution in [0.2, 0.25) is 0 Å². The lowest BCUT2D eigenvalue weighted by Gasteiger charge is -2.14. The van der Waals surface area contributed by atoms with Gasteiger partial charge in [0, 0.05) is 17.8 Å². The van der Waals surface area contributed by atoms with Gasteiger partial charge in [-0.2, -0.15) is 0 Å². The number of rotatable bonds is 7. The first-order valence-electron chi connectivity index (χ1n) is 6.33. The zero-order valence-corrected chi connectivity index (χ0v) is 11.7. The van der Waals surface area contributed by atoms with Crippen LogP contribution in [-0.4, -0.2) is 30.1 Å². The summed E-state index contributed by atoms with van der Waals surface area (Å²) in [7, 11) is 0. The topological polar surface area (TPSA) is 90.7 Å². The Kier molecular flexibility index (Phi) is 5.76. The molecule has 0 saturated heterocycles. The van der Waals surface area contributed by atoms with Crippen molar-refractivity contribution < 1.29 is 19.2 Å². The summed E-state index contributed by atoms with van der Waals surface area (Å²) in [5.74, 6) is -0.0442. The van der Waals surface area contributed by atoms with Gasteiger partial charge in [0.15, 0.2) is 0 Å². The number of anilines is 1. The number of nitrogens with one attached hydrogen (secondary N) is 1. The van der Waals surface area contributed by atoms with Crippen LogP contribution in [0.5, 0.6) is 5.75 Å². The molecule has 0 aliphatic carbocycles. The second-order valence-electron chi connectivity index (χ2n) is 4.02. The van der Waals surface area contributed by atoms with Crippen molar-refractivity contribution in [3.8, 4) is 5.75 Å². The molecular weight excluding hydrogens is 264 g/mol. The molecule has 0 spiro atoms. The quantitative estimate of drug-likeness (QED) is 0.469. The Morgan fingerprint density at radius 1 is 1.35 bits per heavy atom. The molecule has 0 heterocycles. The van der Waals surface area contributed by atoms with E-state index in [2.05, 4.69) is 5.32 Å². The van der Waals surface area contributed by atoms with E-state index >= 15 is 0 Å². The van der Waals surface area contributed by atoms with Gasteiger partial charge >= 0.3 is 5.97 Å². The Hall–Kier alpha value is -2.31. The van der Waals surface area contributed by atoms with Crippen LogP contribution in [0, 0.1) is 10.1 Å². The number of esters is 1. The molecule has 0 saturated carbocycles. The van der Waals surface area contributed by atoms with E-state index in [0.29, 0.717) is 18.0 Å². The second kappa shape index (κ2) is 7.32. The minimum Gasteiger partial charge on any atom is -0.494 e. The highest BCUT2D eigenvalue weighted by Crippen LogP contribution is 2.26. The predicted octanol–water partition coefficient (Wildman–Crippen LogP) is 2.36. The number of hydrogen-bond donors (Lipinski definition) is 1. The number of nitro benzene ring substituents is 1. The number of nitrogens with zero attached hydrogens (tertiary/aromatic N) is 1. The first-order chi connectivity index (χ1) is 9.47.